The fourth-order valence-corrected chi connectivity index (χ4v) is 4.14. The maximum atomic E-state index is 6.29. The van der Waals surface area contributed by atoms with Gasteiger partial charge in [0.15, 0.2) is 5.96 Å². The molecule has 1 heterocycles. The van der Waals surface area contributed by atoms with Gasteiger partial charge in [0.05, 0.1) is 6.04 Å². The highest BCUT2D eigenvalue weighted by atomic mass is 35.5. The van der Waals surface area contributed by atoms with Crippen molar-refractivity contribution >= 4 is 40.9 Å². The Hall–Kier alpha value is -0.620. The molecule has 0 bridgehead atoms. The molecule has 7 heteroatoms. The lowest BCUT2D eigenvalue weighted by atomic mass is 9.99. The Morgan fingerprint density at radius 2 is 2.08 bits per heavy atom. The SMILES string of the molecule is CN=C(NCC1(SC)CCOCC1)NC(C)c1ccc(Cl)cc1Cl. The van der Waals surface area contributed by atoms with Crippen LogP contribution in [-0.4, -0.2) is 43.8 Å². The van der Waals surface area contributed by atoms with Crippen LogP contribution in [0.4, 0.5) is 0 Å². The summed E-state index contributed by atoms with van der Waals surface area (Å²) in [6, 6.07) is 5.58. The van der Waals surface area contributed by atoms with Gasteiger partial charge in [-0.3, -0.25) is 4.99 Å². The molecule has 0 aliphatic carbocycles. The summed E-state index contributed by atoms with van der Waals surface area (Å²) in [4.78, 5) is 4.34. The van der Waals surface area contributed by atoms with E-state index in [0.717, 1.165) is 44.1 Å². The number of benzene rings is 1. The van der Waals surface area contributed by atoms with Gasteiger partial charge in [0.1, 0.15) is 0 Å². The number of nitrogens with one attached hydrogen (secondary N) is 2. The molecule has 1 unspecified atom stereocenters. The van der Waals surface area contributed by atoms with Crippen LogP contribution >= 0.6 is 35.0 Å². The summed E-state index contributed by atoms with van der Waals surface area (Å²) in [5, 5.41) is 8.15. The van der Waals surface area contributed by atoms with Crippen LogP contribution in [0, 0.1) is 0 Å². The molecule has 0 amide bonds. The lowest BCUT2D eigenvalue weighted by Crippen LogP contribution is -2.48. The van der Waals surface area contributed by atoms with Crippen LogP contribution in [0.5, 0.6) is 0 Å². The molecule has 1 atom stereocenters. The Morgan fingerprint density at radius 3 is 2.67 bits per heavy atom. The van der Waals surface area contributed by atoms with E-state index in [2.05, 4.69) is 28.8 Å². The second-order valence-electron chi connectivity index (χ2n) is 5.96. The fourth-order valence-electron chi connectivity index (χ4n) is 2.77. The van der Waals surface area contributed by atoms with Gasteiger partial charge in [-0.1, -0.05) is 29.3 Å². The Kier molecular flexibility index (Phi) is 7.54. The number of rotatable bonds is 5. The van der Waals surface area contributed by atoms with E-state index in [1.807, 2.05) is 23.9 Å². The monoisotopic (exact) mass is 389 g/mol. The normalized spacial score (nSPS) is 19.0. The standard InChI is InChI=1S/C17H25Cl2N3OS/c1-12(14-5-4-13(18)10-15(14)19)22-16(20-2)21-11-17(24-3)6-8-23-9-7-17/h4-5,10,12H,6-9,11H2,1-3H3,(H2,20,21,22). The predicted octanol–water partition coefficient (Wildman–Crippen LogP) is 4.13. The zero-order chi connectivity index (χ0) is 17.6. The highest BCUT2D eigenvalue weighted by Gasteiger charge is 2.31. The average molecular weight is 390 g/mol. The van der Waals surface area contributed by atoms with Gasteiger partial charge in [-0.05, 0) is 43.7 Å². The van der Waals surface area contributed by atoms with Crippen LogP contribution in [-0.2, 0) is 4.74 Å². The van der Waals surface area contributed by atoms with Crippen molar-refractivity contribution in [3.05, 3.63) is 33.8 Å². The van der Waals surface area contributed by atoms with Gasteiger partial charge in [-0.25, -0.2) is 0 Å². The van der Waals surface area contributed by atoms with Crippen molar-refractivity contribution in [3.63, 3.8) is 0 Å². The first-order valence-electron chi connectivity index (χ1n) is 8.05. The molecule has 0 saturated carbocycles. The molecule has 24 heavy (non-hydrogen) atoms. The summed E-state index contributed by atoms with van der Waals surface area (Å²) in [5.41, 5.74) is 0.995. The smallest absolute Gasteiger partial charge is 0.191 e. The van der Waals surface area contributed by atoms with E-state index >= 15 is 0 Å². The Labute approximate surface area is 158 Å². The number of aliphatic imine (C=N–C) groups is 1. The number of ether oxygens (including phenoxy) is 1. The molecule has 134 valence electrons. The van der Waals surface area contributed by atoms with Crippen LogP contribution in [0.25, 0.3) is 0 Å². The lowest BCUT2D eigenvalue weighted by molar-refractivity contribution is 0.0782. The van der Waals surface area contributed by atoms with Crippen LogP contribution < -0.4 is 10.6 Å². The topological polar surface area (TPSA) is 45.7 Å². The third kappa shape index (κ3) is 5.19. The first kappa shape index (κ1) is 19.7. The fraction of sp³-hybridized carbons (Fsp3) is 0.588. The molecule has 0 aromatic heterocycles. The molecule has 0 spiro atoms. The molecule has 1 aliphatic rings. The summed E-state index contributed by atoms with van der Waals surface area (Å²) in [7, 11) is 1.78. The molecule has 1 fully saturated rings. The van der Waals surface area contributed by atoms with Crippen molar-refractivity contribution in [1.82, 2.24) is 10.6 Å². The first-order chi connectivity index (χ1) is 11.5. The van der Waals surface area contributed by atoms with Crippen molar-refractivity contribution in [2.24, 2.45) is 4.99 Å². The quantitative estimate of drug-likeness (QED) is 0.586. The summed E-state index contributed by atoms with van der Waals surface area (Å²) >= 11 is 14.2. The van der Waals surface area contributed by atoms with Crippen molar-refractivity contribution in [3.8, 4) is 0 Å². The summed E-state index contributed by atoms with van der Waals surface area (Å²) in [6.45, 7) is 4.57. The highest BCUT2D eigenvalue weighted by molar-refractivity contribution is 8.00. The van der Waals surface area contributed by atoms with Crippen LogP contribution in [0.3, 0.4) is 0 Å². The number of guanidine groups is 1. The van der Waals surface area contributed by atoms with Crippen LogP contribution in [0.2, 0.25) is 10.0 Å². The minimum Gasteiger partial charge on any atom is -0.381 e. The number of hydrogen-bond donors (Lipinski definition) is 2. The molecule has 4 nitrogen and oxygen atoms in total. The van der Waals surface area contributed by atoms with E-state index in [4.69, 9.17) is 27.9 Å². The zero-order valence-corrected chi connectivity index (χ0v) is 16.7. The maximum Gasteiger partial charge on any atom is 0.191 e. The van der Waals surface area contributed by atoms with Gasteiger partial charge >= 0.3 is 0 Å². The average Bonchev–Trinajstić information content (AvgIpc) is 2.59. The lowest BCUT2D eigenvalue weighted by Gasteiger charge is -2.36. The van der Waals surface area contributed by atoms with E-state index in [1.54, 1.807) is 13.1 Å². The Morgan fingerprint density at radius 1 is 1.38 bits per heavy atom. The number of halogens is 2. The van der Waals surface area contributed by atoms with Crippen molar-refractivity contribution < 1.29 is 4.74 Å². The highest BCUT2D eigenvalue weighted by Crippen LogP contribution is 2.33. The van der Waals surface area contributed by atoms with Crippen molar-refractivity contribution in [2.45, 2.75) is 30.6 Å². The Bertz CT molecular complexity index is 577. The number of nitrogens with zero attached hydrogens (tertiary/aromatic N) is 1. The van der Waals surface area contributed by atoms with Crippen LogP contribution in [0.1, 0.15) is 31.4 Å². The molecule has 2 rings (SSSR count). The Balaban J connectivity index is 1.96. The predicted molar refractivity (Wildman–Crippen MR) is 106 cm³/mol. The van der Waals surface area contributed by atoms with E-state index in [-0.39, 0.29) is 10.8 Å². The maximum absolute atomic E-state index is 6.29. The summed E-state index contributed by atoms with van der Waals surface area (Å²) in [6.07, 6.45) is 4.27. The molecule has 2 N–H and O–H groups in total. The van der Waals surface area contributed by atoms with E-state index in [1.165, 1.54) is 0 Å². The first-order valence-corrected chi connectivity index (χ1v) is 10.0. The van der Waals surface area contributed by atoms with E-state index in [9.17, 15) is 0 Å². The van der Waals surface area contributed by atoms with Crippen molar-refractivity contribution in [2.75, 3.05) is 33.1 Å². The summed E-state index contributed by atoms with van der Waals surface area (Å²) in [5.74, 6) is 0.772. The molecule has 1 aliphatic heterocycles. The van der Waals surface area contributed by atoms with Gasteiger partial charge in [-0.15, -0.1) is 0 Å². The minimum absolute atomic E-state index is 0.0286. The van der Waals surface area contributed by atoms with Crippen molar-refractivity contribution in [1.29, 1.82) is 0 Å². The molecular weight excluding hydrogens is 365 g/mol. The molecule has 1 aromatic rings. The van der Waals surface area contributed by atoms with E-state index < -0.39 is 0 Å². The molecular formula is C17H25Cl2N3OS. The van der Waals surface area contributed by atoms with Gasteiger partial charge in [0.25, 0.3) is 0 Å². The number of hydrogen-bond acceptors (Lipinski definition) is 3. The third-order valence-corrected chi connectivity index (χ3v) is 6.40. The van der Waals surface area contributed by atoms with E-state index in [0.29, 0.717) is 10.0 Å². The van der Waals surface area contributed by atoms with Gasteiger partial charge < -0.3 is 15.4 Å². The van der Waals surface area contributed by atoms with Gasteiger partial charge in [0, 0.05) is 41.6 Å². The summed E-state index contributed by atoms with van der Waals surface area (Å²) < 4.78 is 5.70. The third-order valence-electron chi connectivity index (χ3n) is 4.42. The minimum atomic E-state index is 0.0286. The van der Waals surface area contributed by atoms with Crippen LogP contribution in [0.15, 0.2) is 23.2 Å². The van der Waals surface area contributed by atoms with Gasteiger partial charge in [-0.2, -0.15) is 11.8 Å². The molecule has 0 radical (unpaired) electrons. The van der Waals surface area contributed by atoms with Gasteiger partial charge in [0.2, 0.25) is 0 Å². The second-order valence-corrected chi connectivity index (χ2v) is 8.08. The molecule has 1 saturated heterocycles. The number of thioether (sulfide) groups is 1. The molecule has 1 aromatic carbocycles. The second kappa shape index (κ2) is 9.18. The largest absolute Gasteiger partial charge is 0.381 e. The zero-order valence-electron chi connectivity index (χ0n) is 14.4.